The SMILES string of the molecule is COS(=O)(=O)[O-].C[N+]1(CCNC=O)C=NCC1. The van der Waals surface area contributed by atoms with Crippen molar-refractivity contribution in [2.75, 3.05) is 40.3 Å². The molecule has 0 aromatic heterocycles. The van der Waals surface area contributed by atoms with E-state index in [4.69, 9.17) is 0 Å². The molecule has 17 heavy (non-hydrogen) atoms. The number of amides is 1. The smallest absolute Gasteiger partial charge is 0.217 e. The zero-order valence-corrected chi connectivity index (χ0v) is 10.6. The molecule has 0 saturated heterocycles. The lowest BCUT2D eigenvalue weighted by molar-refractivity contribution is -0.805. The summed E-state index contributed by atoms with van der Waals surface area (Å²) in [6.45, 7) is 3.63. The van der Waals surface area contributed by atoms with Crippen molar-refractivity contribution in [3.8, 4) is 0 Å². The molecular weight excluding hydrogens is 250 g/mol. The summed E-state index contributed by atoms with van der Waals surface area (Å²) < 4.78 is 31.9. The summed E-state index contributed by atoms with van der Waals surface area (Å²) in [6.07, 6.45) is 2.69. The van der Waals surface area contributed by atoms with Gasteiger partial charge in [-0.1, -0.05) is 0 Å². The van der Waals surface area contributed by atoms with E-state index in [0.29, 0.717) is 0 Å². The van der Waals surface area contributed by atoms with Crippen LogP contribution in [0.3, 0.4) is 0 Å². The van der Waals surface area contributed by atoms with Crippen molar-refractivity contribution in [1.82, 2.24) is 5.32 Å². The third kappa shape index (κ3) is 8.74. The predicted octanol–water partition coefficient (Wildman–Crippen LogP) is -1.69. The molecule has 8 nitrogen and oxygen atoms in total. The molecule has 0 aromatic rings. The van der Waals surface area contributed by atoms with Gasteiger partial charge in [-0.15, -0.1) is 0 Å². The van der Waals surface area contributed by atoms with Crippen molar-refractivity contribution in [3.63, 3.8) is 0 Å². The average Bonchev–Trinajstić information content (AvgIpc) is 2.66. The Balaban J connectivity index is 0.000000366. The van der Waals surface area contributed by atoms with Crippen LogP contribution in [0.15, 0.2) is 4.99 Å². The molecule has 1 amide bonds. The highest BCUT2D eigenvalue weighted by Gasteiger charge is 2.22. The fourth-order valence-electron chi connectivity index (χ4n) is 1.15. The second-order valence-corrected chi connectivity index (χ2v) is 4.74. The third-order valence-electron chi connectivity index (χ3n) is 2.15. The van der Waals surface area contributed by atoms with Crippen LogP contribution in [0.2, 0.25) is 0 Å². The molecule has 1 rings (SSSR count). The van der Waals surface area contributed by atoms with Crippen LogP contribution in [-0.4, -0.2) is 70.5 Å². The molecule has 0 radical (unpaired) electrons. The minimum Gasteiger partial charge on any atom is -0.726 e. The van der Waals surface area contributed by atoms with Gasteiger partial charge in [0.15, 0.2) is 6.34 Å². The highest BCUT2D eigenvalue weighted by Crippen LogP contribution is 2.02. The van der Waals surface area contributed by atoms with E-state index >= 15 is 0 Å². The van der Waals surface area contributed by atoms with Crippen LogP contribution < -0.4 is 5.32 Å². The molecule has 100 valence electrons. The minimum atomic E-state index is -4.41. The number of carbonyl (C=O) groups is 1. The summed E-state index contributed by atoms with van der Waals surface area (Å²) in [5, 5.41) is 2.64. The van der Waals surface area contributed by atoms with Crippen molar-refractivity contribution in [2.45, 2.75) is 0 Å². The van der Waals surface area contributed by atoms with Gasteiger partial charge in [-0.2, -0.15) is 0 Å². The molecule has 0 fully saturated rings. The van der Waals surface area contributed by atoms with Gasteiger partial charge < -0.3 is 9.87 Å². The van der Waals surface area contributed by atoms with Crippen LogP contribution in [0.25, 0.3) is 0 Å². The van der Waals surface area contributed by atoms with Crippen molar-refractivity contribution in [3.05, 3.63) is 0 Å². The van der Waals surface area contributed by atoms with Gasteiger partial charge in [0.05, 0.1) is 27.2 Å². The predicted molar refractivity (Wildman–Crippen MR) is 60.1 cm³/mol. The standard InChI is InChI=1S/C7H13N3O.CH4O4S/c1-10(4-2-8-6-10)5-3-9-7-11;1-5-6(2,3)4/h6-7H,2-5H2,1H3;1H3,(H,2,3,4). The molecular formula is C8H17N3O5S. The summed E-state index contributed by atoms with van der Waals surface area (Å²) in [6, 6.07) is 0. The van der Waals surface area contributed by atoms with E-state index in [1.165, 1.54) is 0 Å². The summed E-state index contributed by atoms with van der Waals surface area (Å²) in [7, 11) is -1.49. The number of hydrogen-bond donors (Lipinski definition) is 1. The van der Waals surface area contributed by atoms with Crippen molar-refractivity contribution in [2.24, 2.45) is 4.99 Å². The normalized spacial score (nSPS) is 22.8. The van der Waals surface area contributed by atoms with E-state index in [0.717, 1.165) is 44.2 Å². The van der Waals surface area contributed by atoms with Crippen molar-refractivity contribution in [1.29, 1.82) is 0 Å². The lowest BCUT2D eigenvalue weighted by atomic mass is 10.4. The molecule has 9 heteroatoms. The van der Waals surface area contributed by atoms with Gasteiger partial charge in [-0.3, -0.25) is 13.5 Å². The lowest BCUT2D eigenvalue weighted by Gasteiger charge is -2.24. The van der Waals surface area contributed by atoms with Gasteiger partial charge in [0.1, 0.15) is 13.1 Å². The summed E-state index contributed by atoms with van der Waals surface area (Å²) >= 11 is 0. The monoisotopic (exact) mass is 267 g/mol. The van der Waals surface area contributed by atoms with Gasteiger partial charge in [0.2, 0.25) is 16.8 Å². The first-order valence-corrected chi connectivity index (χ1v) is 6.20. The number of likely N-dealkylation sites (N-methyl/N-ethyl adjacent to an activating group) is 1. The first-order valence-electron chi connectivity index (χ1n) is 4.87. The zero-order chi connectivity index (χ0) is 13.4. The molecule has 1 aliphatic rings. The van der Waals surface area contributed by atoms with Crippen LogP contribution in [0, 0.1) is 0 Å². The number of rotatable bonds is 5. The topological polar surface area (TPSA) is 108 Å². The number of nitrogens with one attached hydrogen (secondary N) is 1. The Hall–Kier alpha value is -1.03. The van der Waals surface area contributed by atoms with E-state index in [2.05, 4.69) is 21.5 Å². The Labute approximate surface area is 101 Å². The maximum Gasteiger partial charge on any atom is 0.217 e. The van der Waals surface area contributed by atoms with Crippen LogP contribution in [0.1, 0.15) is 0 Å². The first kappa shape index (κ1) is 16.0. The molecule has 1 unspecified atom stereocenters. The third-order valence-corrected chi connectivity index (χ3v) is 2.56. The second-order valence-electron chi connectivity index (χ2n) is 3.60. The quantitative estimate of drug-likeness (QED) is 0.210. The van der Waals surface area contributed by atoms with Crippen LogP contribution >= 0.6 is 0 Å². The van der Waals surface area contributed by atoms with E-state index in [1.54, 1.807) is 0 Å². The molecule has 0 aromatic carbocycles. The van der Waals surface area contributed by atoms with E-state index in [-0.39, 0.29) is 0 Å². The highest BCUT2D eigenvalue weighted by molar-refractivity contribution is 7.80. The van der Waals surface area contributed by atoms with Crippen LogP contribution in [0.4, 0.5) is 0 Å². The fourth-order valence-corrected chi connectivity index (χ4v) is 1.15. The van der Waals surface area contributed by atoms with E-state index in [1.807, 2.05) is 6.34 Å². The van der Waals surface area contributed by atoms with Crippen molar-refractivity contribution >= 4 is 23.1 Å². The Kier molecular flexibility index (Phi) is 6.88. The Morgan fingerprint density at radius 2 is 2.24 bits per heavy atom. The van der Waals surface area contributed by atoms with E-state index < -0.39 is 10.4 Å². The average molecular weight is 267 g/mol. The summed E-state index contributed by atoms with van der Waals surface area (Å²) in [5.74, 6) is 0. The molecule has 0 spiro atoms. The molecule has 1 aliphatic heterocycles. The van der Waals surface area contributed by atoms with Crippen LogP contribution in [0.5, 0.6) is 0 Å². The highest BCUT2D eigenvalue weighted by atomic mass is 32.3. The molecule has 0 bridgehead atoms. The first-order chi connectivity index (χ1) is 7.83. The van der Waals surface area contributed by atoms with Crippen LogP contribution in [-0.2, 0) is 19.4 Å². The van der Waals surface area contributed by atoms with Gasteiger partial charge in [0, 0.05) is 0 Å². The summed E-state index contributed by atoms with van der Waals surface area (Å²) in [4.78, 5) is 14.1. The Morgan fingerprint density at radius 1 is 1.65 bits per heavy atom. The lowest BCUT2D eigenvalue weighted by Crippen LogP contribution is -2.45. The molecule has 0 aliphatic carbocycles. The number of hydrogen-bond acceptors (Lipinski definition) is 6. The number of aliphatic imine (C=N–C) groups is 1. The Bertz CT molecular complexity index is 356. The molecule has 1 N–H and O–H groups in total. The molecule has 1 heterocycles. The number of carbonyl (C=O) groups excluding carboxylic acids is 1. The largest absolute Gasteiger partial charge is 0.726 e. The van der Waals surface area contributed by atoms with E-state index in [9.17, 15) is 17.8 Å². The summed E-state index contributed by atoms with van der Waals surface area (Å²) in [5.41, 5.74) is 0. The maximum atomic E-state index is 9.93. The number of nitrogens with zero attached hydrogens (tertiary/aromatic N) is 2. The second kappa shape index (κ2) is 7.33. The molecule has 0 saturated carbocycles. The van der Waals surface area contributed by atoms with Gasteiger partial charge in [-0.05, 0) is 0 Å². The minimum absolute atomic E-state index is 0.728. The fraction of sp³-hybridized carbons (Fsp3) is 0.750. The maximum absolute atomic E-state index is 9.93. The zero-order valence-electron chi connectivity index (χ0n) is 9.83. The molecule has 1 atom stereocenters. The Morgan fingerprint density at radius 3 is 2.59 bits per heavy atom. The van der Waals surface area contributed by atoms with Gasteiger partial charge in [-0.25, -0.2) is 13.4 Å². The van der Waals surface area contributed by atoms with Crippen molar-refractivity contribution < 1.29 is 26.4 Å². The van der Waals surface area contributed by atoms with Gasteiger partial charge in [0.25, 0.3) is 0 Å². The van der Waals surface area contributed by atoms with Gasteiger partial charge >= 0.3 is 0 Å². The number of quaternary nitrogens is 1.